The van der Waals surface area contributed by atoms with Crippen LogP contribution in [-0.2, 0) is 9.59 Å². The van der Waals surface area contributed by atoms with Crippen molar-refractivity contribution in [3.05, 3.63) is 65.3 Å². The zero-order chi connectivity index (χ0) is 22.8. The molecule has 0 aliphatic carbocycles. The van der Waals surface area contributed by atoms with E-state index in [1.54, 1.807) is 18.1 Å². The van der Waals surface area contributed by atoms with Crippen LogP contribution in [0, 0.1) is 5.92 Å². The highest BCUT2D eigenvalue weighted by atomic mass is 35.5. The monoisotopic (exact) mass is 533 g/mol. The molecule has 186 valence electrons. The number of carbonyl (C=O) groups is 2. The molecule has 1 saturated heterocycles. The Kier molecular flexibility index (Phi) is 9.24. The average Bonchev–Trinajstić information content (AvgIpc) is 3.28. The van der Waals surface area contributed by atoms with Crippen LogP contribution in [-0.4, -0.2) is 47.4 Å². The normalized spacial score (nSPS) is 15.9. The Labute approximate surface area is 221 Å². The van der Waals surface area contributed by atoms with E-state index in [-0.39, 0.29) is 55.0 Å². The maximum atomic E-state index is 13.4. The molecule has 3 aromatic rings. The van der Waals surface area contributed by atoms with Crippen molar-refractivity contribution in [2.24, 2.45) is 5.92 Å². The number of hydrogen-bond acceptors (Lipinski definition) is 5. The van der Waals surface area contributed by atoms with Crippen LogP contribution in [0.15, 0.2) is 64.7 Å². The van der Waals surface area contributed by atoms with E-state index in [1.807, 2.05) is 59.0 Å². The molecule has 5 rings (SSSR count). The third-order valence-electron chi connectivity index (χ3n) is 6.42. The molecule has 1 unspecified atom stereocenters. The second kappa shape index (κ2) is 11.9. The van der Waals surface area contributed by atoms with E-state index >= 15 is 0 Å². The molecule has 1 aromatic carbocycles. The molecule has 4 heterocycles. The smallest absolute Gasteiger partial charge is 0.258 e. The first-order valence-electron chi connectivity index (χ1n) is 11.3. The van der Waals surface area contributed by atoms with Gasteiger partial charge < -0.3 is 15.5 Å². The highest BCUT2D eigenvalue weighted by Gasteiger charge is 2.30. The molecule has 1 fully saturated rings. The maximum Gasteiger partial charge on any atom is 0.258 e. The maximum absolute atomic E-state index is 13.4. The number of benzene rings is 1. The van der Waals surface area contributed by atoms with E-state index in [1.165, 1.54) is 11.8 Å². The molecule has 2 aliphatic rings. The molecule has 2 N–H and O–H groups in total. The Morgan fingerprint density at radius 1 is 1.14 bits per heavy atom. The first-order valence-corrected chi connectivity index (χ1v) is 12.1. The number of rotatable bonds is 6. The van der Waals surface area contributed by atoms with Crippen LogP contribution < -0.4 is 15.5 Å². The Hall–Kier alpha value is -2.52. The standard InChI is InChI=1S/C25H27N5O2S.2ClH/c1-29(18-6-3-2-4-7-18)23(31)15-20(17-10-12-26-13-11-17)28-25(32)21-14-19-16-27-22-8-5-9-24(33-21)30(19)22;;/h2-9,14,16-17,20,26H,10-13,15H2,1H3,(H,28,32);2*1H. The van der Waals surface area contributed by atoms with E-state index in [2.05, 4.69) is 15.6 Å². The third-order valence-corrected chi connectivity index (χ3v) is 7.47. The van der Waals surface area contributed by atoms with Gasteiger partial charge in [0, 0.05) is 25.2 Å². The zero-order valence-electron chi connectivity index (χ0n) is 19.3. The molecule has 2 aromatic heterocycles. The van der Waals surface area contributed by atoms with Gasteiger partial charge in [-0.25, -0.2) is 4.98 Å². The molecule has 2 amide bonds. The van der Waals surface area contributed by atoms with Gasteiger partial charge in [0.05, 0.1) is 21.8 Å². The lowest BCUT2D eigenvalue weighted by molar-refractivity contribution is -0.120. The number of nitrogens with zero attached hydrogens (tertiary/aromatic N) is 3. The molecular formula is C25H29Cl2N5O2S. The fourth-order valence-corrected chi connectivity index (χ4v) is 5.53. The van der Waals surface area contributed by atoms with Crippen molar-refractivity contribution in [2.75, 3.05) is 25.0 Å². The number of anilines is 1. The Morgan fingerprint density at radius 3 is 2.63 bits per heavy atom. The summed E-state index contributed by atoms with van der Waals surface area (Å²) >= 11 is 1.44. The summed E-state index contributed by atoms with van der Waals surface area (Å²) in [6.45, 7) is 1.80. The number of imidazole rings is 1. The lowest BCUT2D eigenvalue weighted by Gasteiger charge is -2.32. The molecule has 2 aliphatic heterocycles. The Morgan fingerprint density at radius 2 is 1.89 bits per heavy atom. The quantitative estimate of drug-likeness (QED) is 0.497. The SMILES string of the molecule is CN(C(=O)CC(NC(=O)C1=Cc2cnc3cccc(n23)S1)C1CCNCC1)c1ccccc1.Cl.Cl. The van der Waals surface area contributed by atoms with Crippen molar-refractivity contribution in [1.82, 2.24) is 20.0 Å². The van der Waals surface area contributed by atoms with Gasteiger partial charge in [0.2, 0.25) is 5.91 Å². The molecule has 0 spiro atoms. The molecule has 1 atom stereocenters. The molecular weight excluding hydrogens is 505 g/mol. The number of hydrogen-bond donors (Lipinski definition) is 2. The van der Waals surface area contributed by atoms with Crippen LogP contribution in [0.1, 0.15) is 25.0 Å². The van der Waals surface area contributed by atoms with Crippen LogP contribution in [0.2, 0.25) is 0 Å². The van der Waals surface area contributed by atoms with E-state index in [0.717, 1.165) is 48.0 Å². The number of aromatic nitrogens is 2. The van der Waals surface area contributed by atoms with Crippen LogP contribution in [0.25, 0.3) is 11.7 Å². The van der Waals surface area contributed by atoms with Gasteiger partial charge in [0.1, 0.15) is 5.65 Å². The number of carbonyl (C=O) groups excluding carboxylic acids is 2. The number of amides is 2. The summed E-state index contributed by atoms with van der Waals surface area (Å²) in [4.78, 5) is 33.2. The van der Waals surface area contributed by atoms with Crippen molar-refractivity contribution >= 4 is 65.8 Å². The van der Waals surface area contributed by atoms with E-state index in [4.69, 9.17) is 0 Å². The van der Waals surface area contributed by atoms with Crippen molar-refractivity contribution in [3.8, 4) is 0 Å². The Bertz CT molecular complexity index is 1210. The fourth-order valence-electron chi connectivity index (χ4n) is 4.54. The summed E-state index contributed by atoms with van der Waals surface area (Å²) < 4.78 is 2.05. The summed E-state index contributed by atoms with van der Waals surface area (Å²) in [6.07, 6.45) is 5.81. The largest absolute Gasteiger partial charge is 0.348 e. The van der Waals surface area contributed by atoms with Crippen molar-refractivity contribution in [1.29, 1.82) is 0 Å². The lowest BCUT2D eigenvalue weighted by Crippen LogP contribution is -2.47. The fraction of sp³-hybridized carbons (Fsp3) is 0.320. The molecule has 35 heavy (non-hydrogen) atoms. The van der Waals surface area contributed by atoms with Crippen LogP contribution in [0.5, 0.6) is 0 Å². The second-order valence-electron chi connectivity index (χ2n) is 8.51. The number of para-hydroxylation sites is 1. The average molecular weight is 535 g/mol. The summed E-state index contributed by atoms with van der Waals surface area (Å²) in [7, 11) is 1.79. The zero-order valence-corrected chi connectivity index (χ0v) is 21.8. The predicted molar refractivity (Wildman–Crippen MR) is 146 cm³/mol. The first kappa shape index (κ1) is 27.1. The van der Waals surface area contributed by atoms with Gasteiger partial charge in [-0.1, -0.05) is 36.0 Å². The van der Waals surface area contributed by atoms with Gasteiger partial charge in [-0.3, -0.25) is 14.0 Å². The van der Waals surface area contributed by atoms with Crippen LogP contribution in [0.4, 0.5) is 5.69 Å². The van der Waals surface area contributed by atoms with E-state index in [9.17, 15) is 9.59 Å². The number of nitrogens with one attached hydrogen (secondary N) is 2. The topological polar surface area (TPSA) is 78.7 Å². The minimum absolute atomic E-state index is 0. The molecule has 0 bridgehead atoms. The molecule has 10 heteroatoms. The number of thioether (sulfide) groups is 1. The minimum Gasteiger partial charge on any atom is -0.348 e. The van der Waals surface area contributed by atoms with Gasteiger partial charge in [-0.15, -0.1) is 24.8 Å². The third kappa shape index (κ3) is 5.83. The summed E-state index contributed by atoms with van der Waals surface area (Å²) in [5, 5.41) is 7.55. The van der Waals surface area contributed by atoms with Gasteiger partial charge in [-0.05, 0) is 62.2 Å². The second-order valence-corrected chi connectivity index (χ2v) is 9.57. The van der Waals surface area contributed by atoms with E-state index < -0.39 is 0 Å². The molecule has 7 nitrogen and oxygen atoms in total. The van der Waals surface area contributed by atoms with Crippen molar-refractivity contribution in [2.45, 2.75) is 30.3 Å². The minimum atomic E-state index is -0.220. The number of halogens is 2. The predicted octanol–water partition coefficient (Wildman–Crippen LogP) is 4.16. The first-order chi connectivity index (χ1) is 16.1. The highest BCUT2D eigenvalue weighted by molar-refractivity contribution is 8.04. The lowest BCUT2D eigenvalue weighted by atomic mass is 9.88. The highest BCUT2D eigenvalue weighted by Crippen LogP contribution is 2.34. The summed E-state index contributed by atoms with van der Waals surface area (Å²) in [5.41, 5.74) is 2.61. The van der Waals surface area contributed by atoms with Gasteiger partial charge >= 0.3 is 0 Å². The molecule has 0 radical (unpaired) electrons. The Balaban J connectivity index is 0.00000171. The molecule has 0 saturated carbocycles. The van der Waals surface area contributed by atoms with Gasteiger partial charge in [-0.2, -0.15) is 0 Å². The van der Waals surface area contributed by atoms with Crippen LogP contribution >= 0.6 is 36.6 Å². The van der Waals surface area contributed by atoms with Gasteiger partial charge in [0.25, 0.3) is 5.91 Å². The van der Waals surface area contributed by atoms with E-state index in [0.29, 0.717) is 4.91 Å². The summed E-state index contributed by atoms with van der Waals surface area (Å²) in [6, 6.07) is 15.3. The van der Waals surface area contributed by atoms with Gasteiger partial charge in [0.15, 0.2) is 0 Å². The number of piperidine rings is 1. The van der Waals surface area contributed by atoms with Crippen molar-refractivity contribution in [3.63, 3.8) is 0 Å². The summed E-state index contributed by atoms with van der Waals surface area (Å²) in [5.74, 6) is 0.118. The van der Waals surface area contributed by atoms with Crippen LogP contribution in [0.3, 0.4) is 0 Å². The number of pyridine rings is 1. The van der Waals surface area contributed by atoms with Crippen molar-refractivity contribution < 1.29 is 9.59 Å².